The number of hydrogen-bond acceptors (Lipinski definition) is 3. The van der Waals surface area contributed by atoms with Crippen molar-refractivity contribution in [2.45, 2.75) is 19.3 Å². The molecule has 0 amide bonds. The van der Waals surface area contributed by atoms with Gasteiger partial charge < -0.3 is 0 Å². The summed E-state index contributed by atoms with van der Waals surface area (Å²) in [7, 11) is -4.09. The maximum Gasteiger partial charge on any atom is 0.333 e. The molecule has 1 aliphatic carbocycles. The quantitative estimate of drug-likeness (QED) is 0.827. The number of halogens is 1. The topological polar surface area (TPSA) is 83.5 Å². The van der Waals surface area contributed by atoms with E-state index >= 15 is 0 Å². The summed E-state index contributed by atoms with van der Waals surface area (Å²) >= 11 is 0. The van der Waals surface area contributed by atoms with Crippen LogP contribution in [-0.2, 0) is 15.1 Å². The zero-order valence-corrected chi connectivity index (χ0v) is 11.1. The van der Waals surface area contributed by atoms with Crippen LogP contribution >= 0.6 is 0 Å². The maximum atomic E-state index is 11.9. The first-order valence-electron chi connectivity index (χ1n) is 5.81. The molecule has 0 aromatic heterocycles. The zero-order chi connectivity index (χ0) is 14.3. The highest BCUT2D eigenvalue weighted by atomic mass is 32.2. The van der Waals surface area contributed by atoms with E-state index in [0.717, 1.165) is 0 Å². The Morgan fingerprint density at radius 3 is 2.32 bits per heavy atom. The van der Waals surface area contributed by atoms with Crippen molar-refractivity contribution in [2.75, 3.05) is 6.54 Å². The van der Waals surface area contributed by atoms with Gasteiger partial charge in [-0.1, -0.05) is 18.2 Å². The van der Waals surface area contributed by atoms with Crippen LogP contribution in [0.3, 0.4) is 0 Å². The number of benzene rings is 1. The van der Waals surface area contributed by atoms with Crippen molar-refractivity contribution >= 4 is 16.1 Å². The van der Waals surface area contributed by atoms with Crippen molar-refractivity contribution in [2.24, 2.45) is 5.92 Å². The van der Waals surface area contributed by atoms with Crippen LogP contribution in [0, 0.1) is 11.7 Å². The normalized spacial score (nSPS) is 18.8. The minimum Gasteiger partial charge on any atom is -0.300 e. The number of nitrogens with one attached hydrogen (secondary N) is 1. The van der Waals surface area contributed by atoms with E-state index in [0.29, 0.717) is 19.3 Å². The van der Waals surface area contributed by atoms with Crippen molar-refractivity contribution in [3.63, 3.8) is 0 Å². The summed E-state index contributed by atoms with van der Waals surface area (Å²) < 4.78 is 42.6. The molecule has 0 radical (unpaired) electrons. The van der Waals surface area contributed by atoms with E-state index in [1.54, 1.807) is 18.2 Å². The first-order chi connectivity index (χ1) is 8.87. The fraction of sp³-hybridized carbons (Fsp3) is 0.417. The first kappa shape index (κ1) is 15.7. The minimum atomic E-state index is -4.09. The van der Waals surface area contributed by atoms with Crippen molar-refractivity contribution < 1.29 is 22.2 Å². The molecule has 19 heavy (non-hydrogen) atoms. The van der Waals surface area contributed by atoms with E-state index in [-0.39, 0.29) is 24.1 Å². The number of rotatable bonds is 3. The third kappa shape index (κ3) is 7.66. The SMILES string of the molecule is Fc1ccccc1.O=C1CCC(CNS(=O)(=O)O)C1. The van der Waals surface area contributed by atoms with Crippen LogP contribution in [0.4, 0.5) is 4.39 Å². The van der Waals surface area contributed by atoms with Crippen LogP contribution in [0.1, 0.15) is 19.3 Å². The molecule has 106 valence electrons. The van der Waals surface area contributed by atoms with Gasteiger partial charge in [0, 0.05) is 19.4 Å². The van der Waals surface area contributed by atoms with Crippen LogP contribution < -0.4 is 4.72 Å². The number of hydrogen-bond donors (Lipinski definition) is 2. The van der Waals surface area contributed by atoms with Gasteiger partial charge in [-0.2, -0.15) is 13.1 Å². The summed E-state index contributed by atoms with van der Waals surface area (Å²) in [4.78, 5) is 10.7. The summed E-state index contributed by atoms with van der Waals surface area (Å²) in [5.41, 5.74) is 0. The Kier molecular flexibility index (Phi) is 6.07. The Balaban J connectivity index is 0.000000218. The summed E-state index contributed by atoms with van der Waals surface area (Å²) in [6, 6.07) is 7.94. The van der Waals surface area contributed by atoms with Gasteiger partial charge in [-0.05, 0) is 24.5 Å². The number of Topliss-reactive ketones (excluding diaryl/α,β-unsaturated/α-hetero) is 1. The lowest BCUT2D eigenvalue weighted by molar-refractivity contribution is -0.117. The van der Waals surface area contributed by atoms with E-state index < -0.39 is 10.3 Å². The van der Waals surface area contributed by atoms with Gasteiger partial charge >= 0.3 is 10.3 Å². The number of ketones is 1. The Hall–Kier alpha value is -1.31. The predicted octanol–water partition coefficient (Wildman–Crippen LogP) is 1.57. The molecule has 1 atom stereocenters. The molecule has 2 N–H and O–H groups in total. The van der Waals surface area contributed by atoms with Gasteiger partial charge in [0.2, 0.25) is 0 Å². The Bertz CT molecular complexity index is 504. The maximum absolute atomic E-state index is 11.9. The average Bonchev–Trinajstić information content (AvgIpc) is 2.74. The highest BCUT2D eigenvalue weighted by Crippen LogP contribution is 2.20. The Morgan fingerprint density at radius 2 is 1.95 bits per heavy atom. The van der Waals surface area contributed by atoms with E-state index in [2.05, 4.69) is 0 Å². The molecule has 1 aliphatic rings. The minimum absolute atomic E-state index is 0.0550. The summed E-state index contributed by atoms with van der Waals surface area (Å²) in [5.74, 6) is 0.0408. The molecule has 0 aliphatic heterocycles. The fourth-order valence-electron chi connectivity index (χ4n) is 1.70. The van der Waals surface area contributed by atoms with Gasteiger partial charge in [0.1, 0.15) is 11.6 Å². The molecule has 2 rings (SSSR count). The molecule has 1 aromatic rings. The summed E-state index contributed by atoms with van der Waals surface area (Å²) in [6.07, 6.45) is 1.65. The predicted molar refractivity (Wildman–Crippen MR) is 68.3 cm³/mol. The lowest BCUT2D eigenvalue weighted by Gasteiger charge is -2.06. The second-order valence-corrected chi connectivity index (χ2v) is 5.51. The van der Waals surface area contributed by atoms with E-state index in [9.17, 15) is 17.6 Å². The van der Waals surface area contributed by atoms with E-state index in [4.69, 9.17) is 4.55 Å². The monoisotopic (exact) mass is 289 g/mol. The molecule has 0 bridgehead atoms. The highest BCUT2D eigenvalue weighted by molar-refractivity contribution is 7.83. The molecule has 1 fully saturated rings. The molecular weight excluding hydrogens is 273 g/mol. The van der Waals surface area contributed by atoms with Crippen LogP contribution in [0.25, 0.3) is 0 Å². The summed E-state index contributed by atoms with van der Waals surface area (Å²) in [5, 5.41) is 0. The van der Waals surface area contributed by atoms with Gasteiger partial charge in [0.25, 0.3) is 0 Å². The lowest BCUT2D eigenvalue weighted by Crippen LogP contribution is -2.27. The largest absolute Gasteiger partial charge is 0.333 e. The molecule has 1 aromatic carbocycles. The van der Waals surface area contributed by atoms with Gasteiger partial charge in [-0.3, -0.25) is 9.35 Å². The first-order valence-corrected chi connectivity index (χ1v) is 7.25. The Morgan fingerprint density at radius 1 is 1.32 bits per heavy atom. The molecule has 0 spiro atoms. The number of carbonyl (C=O) groups excluding carboxylic acids is 1. The molecule has 0 heterocycles. The van der Waals surface area contributed by atoms with Crippen LogP contribution in [0.15, 0.2) is 30.3 Å². The molecule has 5 nitrogen and oxygen atoms in total. The fourth-order valence-corrected chi connectivity index (χ4v) is 2.15. The van der Waals surface area contributed by atoms with Gasteiger partial charge in [-0.15, -0.1) is 0 Å². The van der Waals surface area contributed by atoms with Gasteiger partial charge in [0.05, 0.1) is 0 Å². The lowest BCUT2D eigenvalue weighted by atomic mass is 10.1. The third-order valence-corrected chi connectivity index (χ3v) is 3.17. The van der Waals surface area contributed by atoms with E-state index in [1.807, 2.05) is 4.72 Å². The van der Waals surface area contributed by atoms with Crippen molar-refractivity contribution in [3.8, 4) is 0 Å². The molecule has 1 saturated carbocycles. The zero-order valence-electron chi connectivity index (χ0n) is 10.3. The van der Waals surface area contributed by atoms with E-state index in [1.165, 1.54) is 12.1 Å². The third-order valence-electron chi connectivity index (χ3n) is 2.64. The average molecular weight is 289 g/mol. The highest BCUT2D eigenvalue weighted by Gasteiger charge is 2.22. The van der Waals surface area contributed by atoms with Crippen LogP contribution in [-0.4, -0.2) is 25.3 Å². The number of carbonyl (C=O) groups is 1. The smallest absolute Gasteiger partial charge is 0.300 e. The van der Waals surface area contributed by atoms with Crippen molar-refractivity contribution in [3.05, 3.63) is 36.1 Å². The molecule has 0 saturated heterocycles. The standard InChI is InChI=1S/C6H5F.C6H11NO4S/c7-6-4-2-1-3-5-6;8-6-2-1-5(3-6)4-7-12(9,10)11/h1-5H;5,7H,1-4H2,(H,9,10,11). The Labute approximate surface area is 111 Å². The van der Waals surface area contributed by atoms with Crippen LogP contribution in [0.2, 0.25) is 0 Å². The van der Waals surface area contributed by atoms with Gasteiger partial charge in [0.15, 0.2) is 0 Å². The van der Waals surface area contributed by atoms with Gasteiger partial charge in [-0.25, -0.2) is 4.39 Å². The second-order valence-electron chi connectivity index (χ2n) is 4.27. The molecule has 7 heteroatoms. The van der Waals surface area contributed by atoms with Crippen molar-refractivity contribution in [1.29, 1.82) is 0 Å². The molecule has 1 unspecified atom stereocenters. The molecular formula is C12H16FNO4S. The van der Waals surface area contributed by atoms with Crippen LogP contribution in [0.5, 0.6) is 0 Å². The summed E-state index contributed by atoms with van der Waals surface area (Å²) in [6.45, 7) is 0.157. The second kappa shape index (κ2) is 7.32. The van der Waals surface area contributed by atoms with Crippen molar-refractivity contribution in [1.82, 2.24) is 4.72 Å².